The van der Waals surface area contributed by atoms with Gasteiger partial charge in [0, 0.05) is 37.8 Å². The minimum Gasteiger partial charge on any atom is -0.337 e. The highest BCUT2D eigenvalue weighted by Crippen LogP contribution is 2.15. The quantitative estimate of drug-likeness (QED) is 0.846. The molecule has 0 amide bonds. The van der Waals surface area contributed by atoms with E-state index in [4.69, 9.17) is 0 Å². The summed E-state index contributed by atoms with van der Waals surface area (Å²) in [5.41, 5.74) is 1.09. The molecule has 0 aliphatic rings. The van der Waals surface area contributed by atoms with Crippen LogP contribution in [0.4, 0.5) is 0 Å². The summed E-state index contributed by atoms with van der Waals surface area (Å²) in [6.45, 7) is 3.16. The summed E-state index contributed by atoms with van der Waals surface area (Å²) in [7, 11) is 2.03. The van der Waals surface area contributed by atoms with Crippen LogP contribution in [0, 0.1) is 0 Å². The highest BCUT2D eigenvalue weighted by molar-refractivity contribution is 5.09. The summed E-state index contributed by atoms with van der Waals surface area (Å²) in [5, 5.41) is 3.54. The lowest BCUT2D eigenvalue weighted by atomic mass is 10.1. The van der Waals surface area contributed by atoms with E-state index in [1.54, 1.807) is 0 Å². The van der Waals surface area contributed by atoms with Gasteiger partial charge >= 0.3 is 0 Å². The molecule has 0 saturated carbocycles. The zero-order chi connectivity index (χ0) is 12.8. The third-order valence-corrected chi connectivity index (χ3v) is 2.95. The molecule has 2 rings (SSSR count). The highest BCUT2D eigenvalue weighted by Gasteiger charge is 2.16. The minimum absolute atomic E-state index is 0.222. The second-order valence-electron chi connectivity index (χ2n) is 4.43. The molecule has 0 aromatic carbocycles. The van der Waals surface area contributed by atoms with Crippen molar-refractivity contribution >= 4 is 0 Å². The van der Waals surface area contributed by atoms with E-state index in [0.29, 0.717) is 0 Å². The molecule has 0 spiro atoms. The summed E-state index contributed by atoms with van der Waals surface area (Å²) in [6, 6.07) is 6.25. The summed E-state index contributed by atoms with van der Waals surface area (Å²) >= 11 is 0. The molecule has 0 saturated heterocycles. The van der Waals surface area contributed by atoms with E-state index in [9.17, 15) is 0 Å². The molecule has 0 radical (unpaired) electrons. The fraction of sp³-hybridized carbons (Fsp3) is 0.429. The average molecular weight is 244 g/mol. The smallest absolute Gasteiger partial charge is 0.125 e. The molecule has 96 valence electrons. The molecule has 18 heavy (non-hydrogen) atoms. The number of rotatable bonds is 6. The zero-order valence-electron chi connectivity index (χ0n) is 11.0. The van der Waals surface area contributed by atoms with Crippen molar-refractivity contribution in [2.75, 3.05) is 6.54 Å². The Labute approximate surface area is 108 Å². The lowest BCUT2D eigenvalue weighted by Gasteiger charge is -2.17. The van der Waals surface area contributed by atoms with Gasteiger partial charge in [-0.15, -0.1) is 0 Å². The van der Waals surface area contributed by atoms with E-state index >= 15 is 0 Å². The number of nitrogens with zero attached hydrogens (tertiary/aromatic N) is 3. The predicted molar refractivity (Wildman–Crippen MR) is 72.2 cm³/mol. The summed E-state index contributed by atoms with van der Waals surface area (Å²) in [5.74, 6) is 1.06. The monoisotopic (exact) mass is 244 g/mol. The molecular weight excluding hydrogens is 224 g/mol. The van der Waals surface area contributed by atoms with Gasteiger partial charge in [-0.05, 0) is 25.1 Å². The largest absolute Gasteiger partial charge is 0.337 e. The fourth-order valence-electron chi connectivity index (χ4n) is 2.01. The van der Waals surface area contributed by atoms with Crippen molar-refractivity contribution in [3.8, 4) is 0 Å². The van der Waals surface area contributed by atoms with Crippen molar-refractivity contribution in [3.05, 3.63) is 48.3 Å². The van der Waals surface area contributed by atoms with Crippen molar-refractivity contribution in [1.29, 1.82) is 0 Å². The second kappa shape index (κ2) is 6.31. The van der Waals surface area contributed by atoms with Gasteiger partial charge < -0.3 is 9.88 Å². The summed E-state index contributed by atoms with van der Waals surface area (Å²) < 4.78 is 2.07. The Hall–Kier alpha value is -1.68. The van der Waals surface area contributed by atoms with Crippen LogP contribution in [0.3, 0.4) is 0 Å². The van der Waals surface area contributed by atoms with Crippen LogP contribution in [0.5, 0.6) is 0 Å². The van der Waals surface area contributed by atoms with Crippen LogP contribution in [0.15, 0.2) is 36.8 Å². The SMILES string of the molecule is CCCNC(Cc1ccccn1)c1nccn1C. The molecule has 4 heteroatoms. The van der Waals surface area contributed by atoms with Crippen molar-refractivity contribution in [1.82, 2.24) is 19.9 Å². The van der Waals surface area contributed by atoms with Crippen LogP contribution in [0.25, 0.3) is 0 Å². The number of pyridine rings is 1. The molecule has 0 aliphatic heterocycles. The summed E-state index contributed by atoms with van der Waals surface area (Å²) in [6.07, 6.45) is 7.64. The van der Waals surface area contributed by atoms with Crippen molar-refractivity contribution in [2.24, 2.45) is 7.05 Å². The zero-order valence-corrected chi connectivity index (χ0v) is 11.0. The first-order chi connectivity index (χ1) is 8.81. The lowest BCUT2D eigenvalue weighted by Crippen LogP contribution is -2.26. The van der Waals surface area contributed by atoms with Crippen LogP contribution >= 0.6 is 0 Å². The van der Waals surface area contributed by atoms with E-state index in [0.717, 1.165) is 30.9 Å². The molecule has 2 aromatic rings. The standard InChI is InChI=1S/C14H20N4/c1-3-7-16-13(14-17-9-10-18(14)2)11-12-6-4-5-8-15-12/h4-6,8-10,13,16H,3,7,11H2,1-2H3. The Morgan fingerprint density at radius 1 is 1.28 bits per heavy atom. The molecule has 4 nitrogen and oxygen atoms in total. The van der Waals surface area contributed by atoms with Crippen LogP contribution in [-0.4, -0.2) is 21.1 Å². The van der Waals surface area contributed by atoms with Gasteiger partial charge in [0.15, 0.2) is 0 Å². The van der Waals surface area contributed by atoms with Crippen molar-refractivity contribution in [3.63, 3.8) is 0 Å². The van der Waals surface area contributed by atoms with Crippen LogP contribution in [0.2, 0.25) is 0 Å². The number of aromatic nitrogens is 3. The lowest BCUT2D eigenvalue weighted by molar-refractivity contribution is 0.487. The van der Waals surface area contributed by atoms with Crippen molar-refractivity contribution < 1.29 is 0 Å². The normalized spacial score (nSPS) is 12.6. The topological polar surface area (TPSA) is 42.7 Å². The average Bonchev–Trinajstić information content (AvgIpc) is 2.82. The van der Waals surface area contributed by atoms with Crippen LogP contribution in [0.1, 0.15) is 30.9 Å². The number of aryl methyl sites for hydroxylation is 1. The first kappa shape index (κ1) is 12.8. The maximum Gasteiger partial charge on any atom is 0.125 e. The Bertz CT molecular complexity index is 464. The van der Waals surface area contributed by atoms with E-state index in [1.807, 2.05) is 37.8 Å². The van der Waals surface area contributed by atoms with Gasteiger partial charge in [-0.2, -0.15) is 0 Å². The first-order valence-electron chi connectivity index (χ1n) is 6.41. The second-order valence-corrected chi connectivity index (χ2v) is 4.43. The van der Waals surface area contributed by atoms with Gasteiger partial charge in [0.25, 0.3) is 0 Å². The molecule has 1 atom stereocenters. The molecule has 1 unspecified atom stereocenters. The third-order valence-electron chi connectivity index (χ3n) is 2.95. The van der Waals surface area contributed by atoms with E-state index in [2.05, 4.69) is 32.8 Å². The molecule has 0 fully saturated rings. The van der Waals surface area contributed by atoms with Gasteiger partial charge in [-0.25, -0.2) is 4.98 Å². The Kier molecular flexibility index (Phi) is 4.47. The molecular formula is C14H20N4. The number of hydrogen-bond acceptors (Lipinski definition) is 3. The van der Waals surface area contributed by atoms with Crippen molar-refractivity contribution in [2.45, 2.75) is 25.8 Å². The predicted octanol–water partition coefficient (Wildman–Crippen LogP) is 2.10. The third kappa shape index (κ3) is 3.17. The first-order valence-corrected chi connectivity index (χ1v) is 6.41. The molecule has 0 bridgehead atoms. The Morgan fingerprint density at radius 2 is 2.17 bits per heavy atom. The minimum atomic E-state index is 0.222. The van der Waals surface area contributed by atoms with Gasteiger partial charge in [-0.1, -0.05) is 13.0 Å². The maximum atomic E-state index is 4.44. The van der Waals surface area contributed by atoms with Gasteiger partial charge in [0.2, 0.25) is 0 Å². The Morgan fingerprint density at radius 3 is 2.78 bits per heavy atom. The molecule has 1 N–H and O–H groups in total. The van der Waals surface area contributed by atoms with Crippen LogP contribution < -0.4 is 5.32 Å². The fourth-order valence-corrected chi connectivity index (χ4v) is 2.01. The number of nitrogens with one attached hydrogen (secondary N) is 1. The van der Waals surface area contributed by atoms with E-state index < -0.39 is 0 Å². The van der Waals surface area contributed by atoms with Crippen LogP contribution in [-0.2, 0) is 13.5 Å². The number of hydrogen-bond donors (Lipinski definition) is 1. The molecule has 0 aliphatic carbocycles. The van der Waals surface area contributed by atoms with Gasteiger partial charge in [-0.3, -0.25) is 4.98 Å². The molecule has 2 heterocycles. The maximum absolute atomic E-state index is 4.44. The van der Waals surface area contributed by atoms with E-state index in [-0.39, 0.29) is 6.04 Å². The van der Waals surface area contributed by atoms with Gasteiger partial charge in [0.1, 0.15) is 5.82 Å². The highest BCUT2D eigenvalue weighted by atomic mass is 15.1. The Balaban J connectivity index is 2.13. The number of imidazole rings is 1. The van der Waals surface area contributed by atoms with Gasteiger partial charge in [0.05, 0.1) is 6.04 Å². The molecule has 2 aromatic heterocycles. The van der Waals surface area contributed by atoms with E-state index in [1.165, 1.54) is 0 Å². The summed E-state index contributed by atoms with van der Waals surface area (Å²) in [4.78, 5) is 8.83.